The van der Waals surface area contributed by atoms with Gasteiger partial charge in [0.05, 0.1) is 0 Å². The molecule has 7 heteroatoms. The molecule has 1 heterocycles. The SMILES string of the molecule is CCCNC(=O)[C@@H](C)NC(=O)CCc1nc(C(C)C)no1. The van der Waals surface area contributed by atoms with Gasteiger partial charge in [0.2, 0.25) is 17.7 Å². The highest BCUT2D eigenvalue weighted by atomic mass is 16.5. The standard InChI is InChI=1S/C14H24N4O3/c1-5-8-15-14(20)10(4)16-11(19)6-7-12-17-13(9(2)3)18-21-12/h9-10H,5-8H2,1-4H3,(H,15,20)(H,16,19)/t10-/m1/s1. The Morgan fingerprint density at radius 3 is 2.57 bits per heavy atom. The zero-order valence-electron chi connectivity index (χ0n) is 13.1. The first-order valence-corrected chi connectivity index (χ1v) is 7.33. The van der Waals surface area contributed by atoms with Gasteiger partial charge >= 0.3 is 0 Å². The molecule has 0 aliphatic carbocycles. The van der Waals surface area contributed by atoms with Gasteiger partial charge in [-0.1, -0.05) is 25.9 Å². The Morgan fingerprint density at radius 1 is 1.29 bits per heavy atom. The second-order valence-corrected chi connectivity index (χ2v) is 5.28. The molecule has 0 aliphatic rings. The Balaban J connectivity index is 2.34. The van der Waals surface area contributed by atoms with Crippen LogP contribution in [0.3, 0.4) is 0 Å². The Labute approximate surface area is 124 Å². The van der Waals surface area contributed by atoms with Gasteiger partial charge in [0, 0.05) is 25.3 Å². The Morgan fingerprint density at radius 2 is 2.00 bits per heavy atom. The molecule has 2 N–H and O–H groups in total. The average Bonchev–Trinajstić information content (AvgIpc) is 2.91. The third-order valence-electron chi connectivity index (χ3n) is 2.89. The van der Waals surface area contributed by atoms with Gasteiger partial charge in [0.1, 0.15) is 6.04 Å². The second kappa shape index (κ2) is 8.39. The van der Waals surface area contributed by atoms with Crippen LogP contribution < -0.4 is 10.6 Å². The van der Waals surface area contributed by atoms with Crippen LogP contribution in [0.4, 0.5) is 0 Å². The molecule has 0 unspecified atom stereocenters. The van der Waals surface area contributed by atoms with Crippen LogP contribution in [0.25, 0.3) is 0 Å². The quantitative estimate of drug-likeness (QED) is 0.750. The van der Waals surface area contributed by atoms with Crippen molar-refractivity contribution in [2.75, 3.05) is 6.54 Å². The molecule has 0 saturated heterocycles. The minimum atomic E-state index is -0.544. The van der Waals surface area contributed by atoms with E-state index in [9.17, 15) is 9.59 Å². The number of aromatic nitrogens is 2. The van der Waals surface area contributed by atoms with Gasteiger partial charge in [-0.25, -0.2) is 0 Å². The van der Waals surface area contributed by atoms with Crippen LogP contribution in [-0.4, -0.2) is 34.5 Å². The van der Waals surface area contributed by atoms with Gasteiger partial charge in [0.25, 0.3) is 0 Å². The summed E-state index contributed by atoms with van der Waals surface area (Å²) in [5, 5.41) is 9.21. The molecule has 0 aliphatic heterocycles. The highest BCUT2D eigenvalue weighted by Crippen LogP contribution is 2.10. The maximum Gasteiger partial charge on any atom is 0.242 e. The molecular weight excluding hydrogens is 272 g/mol. The van der Waals surface area contributed by atoms with Crippen molar-refractivity contribution in [1.82, 2.24) is 20.8 Å². The number of aryl methyl sites for hydroxylation is 1. The predicted molar refractivity (Wildman–Crippen MR) is 77.6 cm³/mol. The average molecular weight is 296 g/mol. The Bertz CT molecular complexity index is 471. The monoisotopic (exact) mass is 296 g/mol. The highest BCUT2D eigenvalue weighted by Gasteiger charge is 2.16. The number of carbonyl (C=O) groups is 2. The summed E-state index contributed by atoms with van der Waals surface area (Å²) < 4.78 is 5.06. The van der Waals surface area contributed by atoms with E-state index < -0.39 is 6.04 Å². The lowest BCUT2D eigenvalue weighted by molar-refractivity contribution is -0.128. The Kier molecular flexibility index (Phi) is 6.84. The Hall–Kier alpha value is -1.92. The smallest absolute Gasteiger partial charge is 0.242 e. The molecule has 1 aromatic heterocycles. The highest BCUT2D eigenvalue weighted by molar-refractivity contribution is 5.87. The third kappa shape index (κ3) is 5.93. The van der Waals surface area contributed by atoms with Crippen LogP contribution in [0.1, 0.15) is 58.2 Å². The fraction of sp³-hybridized carbons (Fsp3) is 0.714. The normalized spacial score (nSPS) is 12.2. The lowest BCUT2D eigenvalue weighted by Crippen LogP contribution is -2.45. The van der Waals surface area contributed by atoms with E-state index in [4.69, 9.17) is 4.52 Å². The largest absolute Gasteiger partial charge is 0.354 e. The summed E-state index contributed by atoms with van der Waals surface area (Å²) in [4.78, 5) is 27.6. The summed E-state index contributed by atoms with van der Waals surface area (Å²) in [6.07, 6.45) is 1.45. The zero-order chi connectivity index (χ0) is 15.8. The van der Waals surface area contributed by atoms with E-state index >= 15 is 0 Å². The van der Waals surface area contributed by atoms with Gasteiger partial charge in [0.15, 0.2) is 5.82 Å². The number of hydrogen-bond acceptors (Lipinski definition) is 5. The third-order valence-corrected chi connectivity index (χ3v) is 2.89. The van der Waals surface area contributed by atoms with Crippen molar-refractivity contribution >= 4 is 11.8 Å². The minimum Gasteiger partial charge on any atom is -0.354 e. The van der Waals surface area contributed by atoms with Crippen molar-refractivity contribution in [3.8, 4) is 0 Å². The second-order valence-electron chi connectivity index (χ2n) is 5.28. The van der Waals surface area contributed by atoms with E-state index in [1.165, 1.54) is 0 Å². The number of nitrogens with one attached hydrogen (secondary N) is 2. The molecule has 0 bridgehead atoms. The van der Waals surface area contributed by atoms with Crippen molar-refractivity contribution in [1.29, 1.82) is 0 Å². The minimum absolute atomic E-state index is 0.176. The molecule has 0 saturated carbocycles. The molecule has 118 valence electrons. The van der Waals surface area contributed by atoms with Crippen LogP contribution >= 0.6 is 0 Å². The van der Waals surface area contributed by atoms with Crippen molar-refractivity contribution in [3.05, 3.63) is 11.7 Å². The van der Waals surface area contributed by atoms with E-state index in [1.807, 2.05) is 20.8 Å². The van der Waals surface area contributed by atoms with E-state index in [-0.39, 0.29) is 24.2 Å². The van der Waals surface area contributed by atoms with Crippen LogP contribution in [0.5, 0.6) is 0 Å². The number of hydrogen-bond donors (Lipinski definition) is 2. The number of rotatable bonds is 8. The van der Waals surface area contributed by atoms with Crippen molar-refractivity contribution < 1.29 is 14.1 Å². The first-order valence-electron chi connectivity index (χ1n) is 7.33. The molecule has 21 heavy (non-hydrogen) atoms. The van der Waals surface area contributed by atoms with Crippen molar-refractivity contribution in [3.63, 3.8) is 0 Å². The molecule has 7 nitrogen and oxygen atoms in total. The van der Waals surface area contributed by atoms with Crippen LogP contribution in [-0.2, 0) is 16.0 Å². The number of amides is 2. The fourth-order valence-electron chi connectivity index (χ4n) is 1.61. The number of carbonyl (C=O) groups excluding carboxylic acids is 2. The summed E-state index contributed by atoms with van der Waals surface area (Å²) in [6, 6.07) is -0.544. The van der Waals surface area contributed by atoms with Gasteiger partial charge in [-0.3, -0.25) is 9.59 Å². The lowest BCUT2D eigenvalue weighted by atomic mass is 10.2. The fourth-order valence-corrected chi connectivity index (χ4v) is 1.61. The lowest BCUT2D eigenvalue weighted by Gasteiger charge is -2.13. The molecule has 0 aromatic carbocycles. The molecule has 1 rings (SSSR count). The molecule has 0 radical (unpaired) electrons. The summed E-state index contributed by atoms with van der Waals surface area (Å²) in [7, 11) is 0. The van der Waals surface area contributed by atoms with Crippen LogP contribution in [0.2, 0.25) is 0 Å². The molecule has 0 spiro atoms. The molecule has 1 aromatic rings. The van der Waals surface area contributed by atoms with E-state index in [0.717, 1.165) is 6.42 Å². The van der Waals surface area contributed by atoms with E-state index in [1.54, 1.807) is 6.92 Å². The molecule has 2 amide bonds. The molecule has 0 fully saturated rings. The van der Waals surface area contributed by atoms with Gasteiger partial charge in [-0.05, 0) is 13.3 Å². The van der Waals surface area contributed by atoms with Crippen molar-refractivity contribution in [2.24, 2.45) is 0 Å². The van der Waals surface area contributed by atoms with E-state index in [2.05, 4.69) is 20.8 Å². The molecular formula is C14H24N4O3. The zero-order valence-corrected chi connectivity index (χ0v) is 13.1. The summed E-state index contributed by atoms with van der Waals surface area (Å²) in [5.41, 5.74) is 0. The van der Waals surface area contributed by atoms with E-state index in [0.29, 0.717) is 24.7 Å². The van der Waals surface area contributed by atoms with Gasteiger partial charge in [-0.15, -0.1) is 0 Å². The van der Waals surface area contributed by atoms with Gasteiger partial charge < -0.3 is 15.2 Å². The maximum absolute atomic E-state index is 11.8. The maximum atomic E-state index is 11.8. The van der Waals surface area contributed by atoms with Crippen LogP contribution in [0.15, 0.2) is 4.52 Å². The first-order chi connectivity index (χ1) is 9.93. The first kappa shape index (κ1) is 17.1. The topological polar surface area (TPSA) is 97.1 Å². The van der Waals surface area contributed by atoms with Crippen molar-refractivity contribution in [2.45, 2.75) is 58.9 Å². The molecule has 1 atom stereocenters. The summed E-state index contributed by atoms with van der Waals surface area (Å²) in [6.45, 7) is 8.18. The summed E-state index contributed by atoms with van der Waals surface area (Å²) >= 11 is 0. The van der Waals surface area contributed by atoms with Crippen LogP contribution in [0, 0.1) is 0 Å². The summed E-state index contributed by atoms with van der Waals surface area (Å²) in [5.74, 6) is 0.886. The number of nitrogens with zero attached hydrogens (tertiary/aromatic N) is 2. The van der Waals surface area contributed by atoms with Gasteiger partial charge in [-0.2, -0.15) is 4.98 Å². The predicted octanol–water partition coefficient (Wildman–Crippen LogP) is 1.16.